The summed E-state index contributed by atoms with van der Waals surface area (Å²) in [6, 6.07) is 13.9. The van der Waals surface area contributed by atoms with Crippen molar-refractivity contribution in [3.05, 3.63) is 93.6 Å². The lowest BCUT2D eigenvalue weighted by Gasteiger charge is -2.21. The molecule has 0 spiro atoms. The number of hydrogen-bond acceptors (Lipinski definition) is 2. The molecule has 0 saturated carbocycles. The van der Waals surface area contributed by atoms with E-state index in [0.29, 0.717) is 5.75 Å². The second-order valence-corrected chi connectivity index (χ2v) is 6.48. The van der Waals surface area contributed by atoms with Gasteiger partial charge in [0.05, 0.1) is 0 Å². The Morgan fingerprint density at radius 2 is 1.48 bits per heavy atom. The van der Waals surface area contributed by atoms with Crippen LogP contribution in [-0.4, -0.2) is 10.9 Å². The first-order valence-corrected chi connectivity index (χ1v) is 8.41. The van der Waals surface area contributed by atoms with Gasteiger partial charge in [0.25, 0.3) is 0 Å². The molecule has 0 fully saturated rings. The van der Waals surface area contributed by atoms with Crippen LogP contribution in [0.3, 0.4) is 0 Å². The molecule has 1 aliphatic rings. The summed E-state index contributed by atoms with van der Waals surface area (Å²) in [4.78, 5) is 12.0. The van der Waals surface area contributed by atoms with Crippen molar-refractivity contribution in [2.45, 2.75) is 27.7 Å². The van der Waals surface area contributed by atoms with Crippen molar-refractivity contribution in [2.75, 3.05) is 0 Å². The molecule has 0 radical (unpaired) electrons. The Morgan fingerprint density at radius 1 is 0.800 bits per heavy atom. The molecule has 2 nitrogen and oxygen atoms in total. The third-order valence-electron chi connectivity index (χ3n) is 5.10. The first kappa shape index (κ1) is 17.0. The minimum absolute atomic E-state index is 0.0623. The van der Waals surface area contributed by atoms with Crippen LogP contribution in [-0.2, 0) is 4.79 Å². The molecule has 2 heteroatoms. The molecule has 3 rings (SSSR count). The molecule has 2 aromatic rings. The van der Waals surface area contributed by atoms with Gasteiger partial charge in [0.2, 0.25) is 0 Å². The smallest absolute Gasteiger partial charge is 0.181 e. The number of carbonyl (C=O) groups excluding carboxylic acids is 1. The van der Waals surface area contributed by atoms with Crippen molar-refractivity contribution in [3.8, 4) is 5.75 Å². The fourth-order valence-electron chi connectivity index (χ4n) is 3.20. The summed E-state index contributed by atoms with van der Waals surface area (Å²) in [5.41, 5.74) is 8.00. The number of phenolic OH excluding ortho intramolecular Hbond substituents is 1. The number of rotatable bonds is 2. The number of allylic oxidation sites excluding steroid dienone is 5. The van der Waals surface area contributed by atoms with Crippen LogP contribution in [0.15, 0.2) is 71.3 Å². The Hall–Kier alpha value is -2.87. The van der Waals surface area contributed by atoms with Gasteiger partial charge < -0.3 is 5.11 Å². The van der Waals surface area contributed by atoms with Crippen molar-refractivity contribution in [2.24, 2.45) is 0 Å². The first-order chi connectivity index (χ1) is 11.9. The molecule has 1 aliphatic carbocycles. The quantitative estimate of drug-likeness (QED) is 0.812. The molecule has 0 saturated heterocycles. The van der Waals surface area contributed by atoms with Gasteiger partial charge in [0.15, 0.2) is 5.78 Å². The topological polar surface area (TPSA) is 37.3 Å². The van der Waals surface area contributed by atoms with Gasteiger partial charge in [0.1, 0.15) is 5.75 Å². The maximum Gasteiger partial charge on any atom is 0.181 e. The summed E-state index contributed by atoms with van der Waals surface area (Å²) >= 11 is 0. The predicted octanol–water partition coefficient (Wildman–Crippen LogP) is 5.29. The Bertz CT molecular complexity index is 942. The minimum Gasteiger partial charge on any atom is -0.508 e. The molecule has 126 valence electrons. The van der Waals surface area contributed by atoms with E-state index in [1.807, 2.05) is 58.0 Å². The number of carbonyl (C=O) groups is 1. The largest absolute Gasteiger partial charge is 0.508 e. The molecule has 2 aromatic carbocycles. The molecule has 0 atom stereocenters. The lowest BCUT2D eigenvalue weighted by molar-refractivity contribution is -0.111. The summed E-state index contributed by atoms with van der Waals surface area (Å²) < 4.78 is 0. The van der Waals surface area contributed by atoms with E-state index in [0.717, 1.165) is 44.5 Å². The van der Waals surface area contributed by atoms with Crippen LogP contribution in [0, 0.1) is 13.8 Å². The number of phenols is 1. The zero-order valence-corrected chi connectivity index (χ0v) is 15.1. The van der Waals surface area contributed by atoms with Crippen LogP contribution >= 0.6 is 0 Å². The van der Waals surface area contributed by atoms with E-state index in [-0.39, 0.29) is 5.78 Å². The highest BCUT2D eigenvalue weighted by molar-refractivity contribution is 6.08. The zero-order valence-electron chi connectivity index (χ0n) is 15.1. The maximum absolute atomic E-state index is 12.0. The molecular formula is C23H22O2. The third-order valence-corrected chi connectivity index (χ3v) is 5.10. The fraction of sp³-hybridized carbons (Fsp3) is 0.174. The number of ketones is 1. The number of aromatic hydroxyl groups is 1. The van der Waals surface area contributed by atoms with Crippen molar-refractivity contribution in [1.29, 1.82) is 0 Å². The second kappa shape index (κ2) is 6.56. The standard InChI is InChI=1S/C23H22O2/c1-14-16(3)21(24)12-10-19(14)23(18-8-6-5-7-9-18)20-11-13-22(25)17(4)15(20)2/h5-13,24H,1-4H3. The first-order valence-electron chi connectivity index (χ1n) is 8.41. The van der Waals surface area contributed by atoms with Gasteiger partial charge in [-0.05, 0) is 84.4 Å². The predicted molar refractivity (Wildman–Crippen MR) is 103 cm³/mol. The zero-order chi connectivity index (χ0) is 18.1. The van der Waals surface area contributed by atoms with Crippen molar-refractivity contribution in [1.82, 2.24) is 0 Å². The lowest BCUT2D eigenvalue weighted by Crippen LogP contribution is -2.07. The normalized spacial score (nSPS) is 16.4. The van der Waals surface area contributed by atoms with E-state index < -0.39 is 0 Å². The van der Waals surface area contributed by atoms with E-state index in [4.69, 9.17) is 0 Å². The minimum atomic E-state index is 0.0623. The van der Waals surface area contributed by atoms with Crippen LogP contribution in [0.4, 0.5) is 0 Å². The lowest BCUT2D eigenvalue weighted by atomic mass is 9.83. The molecule has 25 heavy (non-hydrogen) atoms. The molecule has 0 aliphatic heterocycles. The highest BCUT2D eigenvalue weighted by Crippen LogP contribution is 2.37. The summed E-state index contributed by atoms with van der Waals surface area (Å²) in [5, 5.41) is 10.0. The second-order valence-electron chi connectivity index (χ2n) is 6.48. The molecule has 0 amide bonds. The molecule has 1 N–H and O–H groups in total. The van der Waals surface area contributed by atoms with Crippen LogP contribution in [0.5, 0.6) is 5.75 Å². The van der Waals surface area contributed by atoms with Gasteiger partial charge in [0, 0.05) is 0 Å². The highest BCUT2D eigenvalue weighted by atomic mass is 16.3. The van der Waals surface area contributed by atoms with Crippen LogP contribution in [0.1, 0.15) is 36.1 Å². The molecular weight excluding hydrogens is 308 g/mol. The molecule has 0 aromatic heterocycles. The SMILES string of the molecule is CC1=C(C)C(=C(c2ccccc2)c2ccc(O)c(C)c2C)C=CC1=O. The summed E-state index contributed by atoms with van der Waals surface area (Å²) in [6.07, 6.45) is 3.55. The van der Waals surface area contributed by atoms with E-state index in [2.05, 4.69) is 12.1 Å². The van der Waals surface area contributed by atoms with Crippen molar-refractivity contribution >= 4 is 11.4 Å². The summed E-state index contributed by atoms with van der Waals surface area (Å²) in [7, 11) is 0. The number of hydrogen-bond donors (Lipinski definition) is 1. The van der Waals surface area contributed by atoms with Crippen molar-refractivity contribution < 1.29 is 9.90 Å². The van der Waals surface area contributed by atoms with Gasteiger partial charge in [-0.15, -0.1) is 0 Å². The van der Waals surface area contributed by atoms with Gasteiger partial charge in [-0.2, -0.15) is 0 Å². The average Bonchev–Trinajstić information content (AvgIpc) is 2.62. The van der Waals surface area contributed by atoms with Crippen LogP contribution < -0.4 is 0 Å². The van der Waals surface area contributed by atoms with E-state index >= 15 is 0 Å². The Kier molecular flexibility index (Phi) is 4.45. The van der Waals surface area contributed by atoms with Crippen LogP contribution in [0.25, 0.3) is 5.57 Å². The summed E-state index contributed by atoms with van der Waals surface area (Å²) in [5.74, 6) is 0.365. The Balaban J connectivity index is 2.38. The van der Waals surface area contributed by atoms with E-state index in [9.17, 15) is 9.90 Å². The monoisotopic (exact) mass is 330 g/mol. The van der Waals surface area contributed by atoms with Crippen molar-refractivity contribution in [3.63, 3.8) is 0 Å². The Labute approximate surface area is 148 Å². The van der Waals surface area contributed by atoms with Gasteiger partial charge in [-0.25, -0.2) is 0 Å². The fourth-order valence-corrected chi connectivity index (χ4v) is 3.20. The average molecular weight is 330 g/mol. The molecule has 0 bridgehead atoms. The summed E-state index contributed by atoms with van der Waals surface area (Å²) in [6.45, 7) is 7.82. The molecule has 0 heterocycles. The third kappa shape index (κ3) is 2.96. The Morgan fingerprint density at radius 3 is 2.16 bits per heavy atom. The maximum atomic E-state index is 12.0. The van der Waals surface area contributed by atoms with Gasteiger partial charge >= 0.3 is 0 Å². The number of benzene rings is 2. The highest BCUT2D eigenvalue weighted by Gasteiger charge is 2.20. The van der Waals surface area contributed by atoms with Gasteiger partial charge in [-0.3, -0.25) is 4.79 Å². The van der Waals surface area contributed by atoms with Crippen LogP contribution in [0.2, 0.25) is 0 Å². The van der Waals surface area contributed by atoms with Gasteiger partial charge in [-0.1, -0.05) is 42.5 Å². The van der Waals surface area contributed by atoms with E-state index in [1.54, 1.807) is 12.1 Å². The van der Waals surface area contributed by atoms with E-state index in [1.165, 1.54) is 0 Å². The molecule has 0 unspecified atom stereocenters.